The van der Waals surface area contributed by atoms with Gasteiger partial charge in [-0.2, -0.15) is 0 Å². The molecule has 3 saturated heterocycles. The molecule has 8 heteroatoms. The second kappa shape index (κ2) is 13.0. The first-order valence-corrected chi connectivity index (χ1v) is 14.9. The van der Waals surface area contributed by atoms with E-state index in [1.807, 2.05) is 27.7 Å². The summed E-state index contributed by atoms with van der Waals surface area (Å²) < 4.78 is 12.5. The lowest BCUT2D eigenvalue weighted by Gasteiger charge is -2.41. The normalized spacial score (nSPS) is 32.6. The summed E-state index contributed by atoms with van der Waals surface area (Å²) in [5.74, 6) is -2.70. The van der Waals surface area contributed by atoms with Crippen molar-refractivity contribution in [1.29, 1.82) is 0 Å². The number of amides is 2. The maximum absolute atomic E-state index is 14.5. The molecule has 0 aromatic carbocycles. The Bertz CT molecular complexity index is 923. The van der Waals surface area contributed by atoms with Gasteiger partial charge in [-0.15, -0.1) is 13.2 Å². The second-order valence-electron chi connectivity index (χ2n) is 12.0. The monoisotopic (exact) mass is 546 g/mol. The van der Waals surface area contributed by atoms with Gasteiger partial charge >= 0.3 is 5.97 Å². The van der Waals surface area contributed by atoms with E-state index < -0.39 is 41.1 Å². The number of unbranched alkanes of at least 4 members (excludes halogenated alkanes) is 3. The van der Waals surface area contributed by atoms with Crippen molar-refractivity contribution in [2.75, 3.05) is 26.3 Å². The number of carbonyl (C=O) groups is 3. The predicted octanol–water partition coefficient (Wildman–Crippen LogP) is 4.12. The third-order valence-corrected chi connectivity index (χ3v) is 9.58. The maximum atomic E-state index is 14.5. The summed E-state index contributed by atoms with van der Waals surface area (Å²) in [5, 5.41) is 10.5. The van der Waals surface area contributed by atoms with Crippen molar-refractivity contribution >= 4 is 17.8 Å². The first kappa shape index (κ1) is 31.3. The molecule has 39 heavy (non-hydrogen) atoms. The molecule has 0 aliphatic carbocycles. The second-order valence-corrected chi connectivity index (χ2v) is 12.0. The molecule has 8 nitrogen and oxygen atoms in total. The number of hydrogen-bond donors (Lipinski definition) is 1. The third kappa shape index (κ3) is 5.43. The fraction of sp³-hybridized carbons (Fsp3) is 0.774. The van der Waals surface area contributed by atoms with Crippen molar-refractivity contribution in [3.63, 3.8) is 0 Å². The van der Waals surface area contributed by atoms with Gasteiger partial charge in [0.05, 0.1) is 30.8 Å². The number of rotatable bonds is 16. The molecule has 1 N–H and O–H groups in total. The number of hydrogen-bond acceptors (Lipinski definition) is 6. The number of aliphatic hydroxyl groups is 1. The van der Waals surface area contributed by atoms with Gasteiger partial charge in [0.25, 0.3) is 0 Å². The van der Waals surface area contributed by atoms with Crippen LogP contribution in [0.15, 0.2) is 25.3 Å². The summed E-state index contributed by atoms with van der Waals surface area (Å²) in [5.41, 5.74) is -2.07. The van der Waals surface area contributed by atoms with Crippen molar-refractivity contribution < 1.29 is 29.0 Å². The number of esters is 1. The smallest absolute Gasteiger partial charge is 0.312 e. The van der Waals surface area contributed by atoms with Crippen LogP contribution in [0.4, 0.5) is 0 Å². The Morgan fingerprint density at radius 1 is 1.26 bits per heavy atom. The van der Waals surface area contributed by atoms with Crippen LogP contribution in [0.1, 0.15) is 79.6 Å². The van der Waals surface area contributed by atoms with Crippen LogP contribution in [-0.2, 0) is 23.9 Å². The fourth-order valence-electron chi connectivity index (χ4n) is 7.15. The van der Waals surface area contributed by atoms with E-state index in [4.69, 9.17) is 9.47 Å². The van der Waals surface area contributed by atoms with E-state index >= 15 is 0 Å². The Kier molecular flexibility index (Phi) is 10.4. The molecule has 2 bridgehead atoms. The molecule has 3 unspecified atom stereocenters. The Labute approximate surface area is 234 Å². The fourth-order valence-corrected chi connectivity index (χ4v) is 7.15. The van der Waals surface area contributed by atoms with E-state index in [2.05, 4.69) is 20.1 Å². The van der Waals surface area contributed by atoms with Crippen LogP contribution in [0.25, 0.3) is 0 Å². The number of likely N-dealkylation sites (tertiary alicyclic amines) is 1. The van der Waals surface area contributed by atoms with Gasteiger partial charge in [-0.05, 0) is 44.4 Å². The standard InChI is InChI=1S/C31H50N2O6/c1-8-12-14-17-32(16-10-3)28(36)26-31-19-22(6)30(7,39-31)25(29(37)38-18-15-13-9-2)24(31)27(35)33(26)23(20-34)21(5)11-4/h9-10,21-26,34H,2-3,8,11-20H2,1,4-7H3/t21-,22?,23-,24-,25-,26?,30+,31?/m0/s1. The van der Waals surface area contributed by atoms with Crippen LogP contribution in [-0.4, -0.2) is 82.3 Å². The Morgan fingerprint density at radius 2 is 1.97 bits per heavy atom. The SMILES string of the molecule is C=CCCCOC(=O)[C@@H]1[C@H]2C(=O)N([C@@H](CO)[C@@H](C)CC)C(C(=O)N(CC=C)CCCCC)C23CC(C)[C@@]1(C)O3. The molecule has 220 valence electrons. The van der Waals surface area contributed by atoms with Crippen molar-refractivity contribution in [3.8, 4) is 0 Å². The number of ether oxygens (including phenoxy) is 2. The zero-order chi connectivity index (χ0) is 29.0. The molecule has 3 fully saturated rings. The largest absolute Gasteiger partial charge is 0.465 e. The zero-order valence-electron chi connectivity index (χ0n) is 24.7. The lowest BCUT2D eigenvalue weighted by atomic mass is 9.62. The van der Waals surface area contributed by atoms with Gasteiger partial charge < -0.3 is 24.4 Å². The van der Waals surface area contributed by atoms with E-state index in [0.29, 0.717) is 25.9 Å². The van der Waals surface area contributed by atoms with Gasteiger partial charge in [-0.1, -0.05) is 59.1 Å². The molecule has 0 aromatic rings. The number of allylic oxidation sites excluding steroid dienone is 1. The summed E-state index contributed by atoms with van der Waals surface area (Å²) in [6.45, 7) is 18.5. The Balaban J connectivity index is 2.09. The van der Waals surface area contributed by atoms with Gasteiger partial charge in [0, 0.05) is 13.1 Å². The summed E-state index contributed by atoms with van der Waals surface area (Å²) in [6, 6.07) is -1.49. The molecule has 3 rings (SSSR count). The highest BCUT2D eigenvalue weighted by Crippen LogP contribution is 2.65. The lowest BCUT2D eigenvalue weighted by molar-refractivity contribution is -0.164. The van der Waals surface area contributed by atoms with E-state index in [0.717, 1.165) is 32.1 Å². The summed E-state index contributed by atoms with van der Waals surface area (Å²) in [6.07, 6.45) is 8.93. The zero-order valence-corrected chi connectivity index (χ0v) is 24.7. The highest BCUT2D eigenvalue weighted by atomic mass is 16.6. The topological polar surface area (TPSA) is 96.4 Å². The molecule has 3 aliphatic heterocycles. The first-order chi connectivity index (χ1) is 18.6. The van der Waals surface area contributed by atoms with E-state index in [-0.39, 0.29) is 36.9 Å². The van der Waals surface area contributed by atoms with Gasteiger partial charge in [0.15, 0.2) is 0 Å². The minimum atomic E-state index is -1.15. The minimum Gasteiger partial charge on any atom is -0.465 e. The van der Waals surface area contributed by atoms with Crippen LogP contribution in [0, 0.1) is 23.7 Å². The molecule has 0 aromatic heterocycles. The van der Waals surface area contributed by atoms with Crippen LogP contribution in [0.2, 0.25) is 0 Å². The van der Waals surface area contributed by atoms with E-state index in [1.54, 1.807) is 22.0 Å². The molecule has 3 heterocycles. The molecule has 0 saturated carbocycles. The van der Waals surface area contributed by atoms with Gasteiger partial charge in [-0.3, -0.25) is 14.4 Å². The Hall–Kier alpha value is -2.19. The Morgan fingerprint density at radius 3 is 2.56 bits per heavy atom. The highest BCUT2D eigenvalue weighted by molar-refractivity contribution is 5.98. The van der Waals surface area contributed by atoms with E-state index in [1.165, 1.54) is 0 Å². The lowest BCUT2D eigenvalue weighted by Crippen LogP contribution is -2.60. The molecule has 0 radical (unpaired) electrons. The van der Waals surface area contributed by atoms with Crippen molar-refractivity contribution in [2.45, 2.75) is 103 Å². The third-order valence-electron chi connectivity index (χ3n) is 9.58. The molecule has 8 atom stereocenters. The maximum Gasteiger partial charge on any atom is 0.312 e. The summed E-state index contributed by atoms with van der Waals surface area (Å²) in [4.78, 5) is 45.8. The quantitative estimate of drug-likeness (QED) is 0.178. The summed E-state index contributed by atoms with van der Waals surface area (Å²) >= 11 is 0. The molecule has 1 spiro atoms. The highest BCUT2D eigenvalue weighted by Gasteiger charge is 2.80. The van der Waals surface area contributed by atoms with Crippen molar-refractivity contribution in [1.82, 2.24) is 9.80 Å². The molecular formula is C31H50N2O6. The van der Waals surface area contributed by atoms with Crippen molar-refractivity contribution in [2.24, 2.45) is 23.7 Å². The average Bonchev–Trinajstić information content (AvgIpc) is 3.43. The number of aliphatic hydroxyl groups excluding tert-OH is 1. The van der Waals surface area contributed by atoms with Crippen LogP contribution in [0.5, 0.6) is 0 Å². The summed E-state index contributed by atoms with van der Waals surface area (Å²) in [7, 11) is 0. The number of fused-ring (bicyclic) bond motifs is 1. The van der Waals surface area contributed by atoms with E-state index in [9.17, 15) is 19.5 Å². The van der Waals surface area contributed by atoms with Crippen molar-refractivity contribution in [3.05, 3.63) is 25.3 Å². The number of nitrogens with zero attached hydrogens (tertiary/aromatic N) is 2. The van der Waals surface area contributed by atoms with Gasteiger partial charge in [-0.25, -0.2) is 0 Å². The molecular weight excluding hydrogens is 496 g/mol. The number of carbonyl (C=O) groups excluding carboxylic acids is 3. The minimum absolute atomic E-state index is 0.0491. The first-order valence-electron chi connectivity index (χ1n) is 14.9. The van der Waals surface area contributed by atoms with Crippen LogP contribution in [0.3, 0.4) is 0 Å². The predicted molar refractivity (Wildman–Crippen MR) is 151 cm³/mol. The van der Waals surface area contributed by atoms with Crippen LogP contribution < -0.4 is 0 Å². The van der Waals surface area contributed by atoms with Gasteiger partial charge in [0.2, 0.25) is 11.8 Å². The van der Waals surface area contributed by atoms with Gasteiger partial charge in [0.1, 0.15) is 17.6 Å². The average molecular weight is 547 g/mol. The molecule has 2 amide bonds. The molecule has 3 aliphatic rings. The van der Waals surface area contributed by atoms with Crippen LogP contribution >= 0.6 is 0 Å².